The van der Waals surface area contributed by atoms with Crippen LogP contribution in [0.1, 0.15) is 31.9 Å². The molecule has 0 aliphatic carbocycles. The highest BCUT2D eigenvalue weighted by molar-refractivity contribution is 7.99. The molecule has 0 bridgehead atoms. The summed E-state index contributed by atoms with van der Waals surface area (Å²) in [5.74, 6) is 0.0400. The molecule has 0 fully saturated rings. The molecule has 0 radical (unpaired) electrons. The summed E-state index contributed by atoms with van der Waals surface area (Å²) in [5.41, 5.74) is 2.34. The molecule has 30 heavy (non-hydrogen) atoms. The molecule has 154 valence electrons. The Morgan fingerprint density at radius 1 is 1.20 bits per heavy atom. The van der Waals surface area contributed by atoms with Gasteiger partial charge in [0, 0.05) is 17.5 Å². The maximum Gasteiger partial charge on any atom is 0.262 e. The number of thioether (sulfide) groups is 1. The molecule has 8 heteroatoms. The van der Waals surface area contributed by atoms with Gasteiger partial charge in [0.05, 0.1) is 28.9 Å². The monoisotopic (exact) mass is 440 g/mol. The van der Waals surface area contributed by atoms with E-state index in [1.165, 1.54) is 16.8 Å². The topological polar surface area (TPSA) is 67.6 Å². The van der Waals surface area contributed by atoms with Crippen molar-refractivity contribution in [1.82, 2.24) is 14.6 Å². The first kappa shape index (κ1) is 20.6. The molecule has 0 saturated carbocycles. The van der Waals surface area contributed by atoms with E-state index in [0.29, 0.717) is 27.6 Å². The zero-order chi connectivity index (χ0) is 21.3. The van der Waals surface area contributed by atoms with Crippen molar-refractivity contribution in [2.45, 2.75) is 31.5 Å². The van der Waals surface area contributed by atoms with Gasteiger partial charge in [-0.25, -0.2) is 9.99 Å². The van der Waals surface area contributed by atoms with Crippen molar-refractivity contribution in [1.29, 1.82) is 0 Å². The van der Waals surface area contributed by atoms with Crippen molar-refractivity contribution in [2.24, 2.45) is 5.10 Å². The zero-order valence-electron chi connectivity index (χ0n) is 16.7. The highest BCUT2D eigenvalue weighted by Gasteiger charge is 2.23. The first-order valence-corrected chi connectivity index (χ1v) is 11.1. The lowest BCUT2D eigenvalue weighted by Crippen LogP contribution is -2.27. The summed E-state index contributed by atoms with van der Waals surface area (Å²) < 4.78 is 1.62. The molecule has 0 unspecified atom stereocenters. The fourth-order valence-electron chi connectivity index (χ4n) is 3.38. The van der Waals surface area contributed by atoms with Crippen molar-refractivity contribution in [2.75, 3.05) is 12.3 Å². The maximum absolute atomic E-state index is 13.0. The van der Waals surface area contributed by atoms with Gasteiger partial charge in [-0.3, -0.25) is 14.2 Å². The second-order valence-electron chi connectivity index (χ2n) is 7.29. The van der Waals surface area contributed by atoms with E-state index in [-0.39, 0.29) is 23.3 Å². The molecule has 0 spiro atoms. The maximum atomic E-state index is 13.0. The second-order valence-corrected chi connectivity index (χ2v) is 8.67. The molecular formula is C22H21ClN4O2S. The van der Waals surface area contributed by atoms with Crippen LogP contribution in [-0.2, 0) is 4.79 Å². The summed E-state index contributed by atoms with van der Waals surface area (Å²) in [6.45, 7) is 4.41. The largest absolute Gasteiger partial charge is 0.285 e. The minimum absolute atomic E-state index is 0.0860. The Kier molecular flexibility index (Phi) is 5.92. The molecule has 6 nitrogen and oxygen atoms in total. The van der Waals surface area contributed by atoms with E-state index in [4.69, 9.17) is 11.6 Å². The summed E-state index contributed by atoms with van der Waals surface area (Å²) in [7, 11) is 0. The van der Waals surface area contributed by atoms with Gasteiger partial charge < -0.3 is 0 Å². The van der Waals surface area contributed by atoms with Crippen LogP contribution in [0.2, 0.25) is 5.02 Å². The van der Waals surface area contributed by atoms with Crippen molar-refractivity contribution >= 4 is 45.9 Å². The Balaban J connectivity index is 1.56. The minimum Gasteiger partial charge on any atom is -0.285 e. The van der Waals surface area contributed by atoms with E-state index in [0.717, 1.165) is 17.7 Å². The number of rotatable bonds is 5. The molecule has 2 heterocycles. The fraction of sp³-hybridized carbons (Fsp3) is 0.273. The Morgan fingerprint density at radius 3 is 2.70 bits per heavy atom. The zero-order valence-corrected chi connectivity index (χ0v) is 18.3. The van der Waals surface area contributed by atoms with Gasteiger partial charge in [0.15, 0.2) is 5.16 Å². The molecule has 2 aromatic carbocycles. The lowest BCUT2D eigenvalue weighted by Gasteiger charge is -2.17. The predicted octanol–water partition coefficient (Wildman–Crippen LogP) is 4.36. The van der Waals surface area contributed by atoms with E-state index in [9.17, 15) is 9.59 Å². The van der Waals surface area contributed by atoms with Gasteiger partial charge in [-0.15, -0.1) is 0 Å². The first-order chi connectivity index (χ1) is 14.4. The number of amides is 1. The molecule has 0 saturated heterocycles. The molecular weight excluding hydrogens is 420 g/mol. The molecule has 1 aromatic heterocycles. The van der Waals surface area contributed by atoms with Crippen LogP contribution >= 0.6 is 23.4 Å². The van der Waals surface area contributed by atoms with Crippen molar-refractivity contribution in [3.05, 3.63) is 69.5 Å². The Labute approximate surface area is 183 Å². The smallest absolute Gasteiger partial charge is 0.262 e. The second kappa shape index (κ2) is 8.62. The molecule has 0 atom stereocenters. The number of carbonyl (C=O) groups excluding carboxylic acids is 1. The van der Waals surface area contributed by atoms with Crippen LogP contribution in [0.4, 0.5) is 0 Å². The lowest BCUT2D eigenvalue weighted by molar-refractivity contribution is -0.127. The number of hydrogen-bond donors (Lipinski definition) is 0. The highest BCUT2D eigenvalue weighted by Crippen LogP contribution is 2.24. The normalized spacial score (nSPS) is 13.9. The third-order valence-corrected chi connectivity index (χ3v) is 6.04. The predicted molar refractivity (Wildman–Crippen MR) is 121 cm³/mol. The minimum atomic E-state index is -0.132. The molecule has 1 aliphatic rings. The number of hydrogen-bond acceptors (Lipinski definition) is 5. The van der Waals surface area contributed by atoms with Gasteiger partial charge in [-0.1, -0.05) is 53.7 Å². The summed E-state index contributed by atoms with van der Waals surface area (Å²) >= 11 is 7.32. The standard InChI is InChI=1S/C22H21ClN4O2S/c1-14(2)27-21(29)17-9-8-16(23)12-19(17)24-22(27)30-13-20(28)26-11-10-18(25-26)15-6-4-3-5-7-15/h3-9,12,14H,10-11,13H2,1-2H3. The van der Waals surface area contributed by atoms with Crippen LogP contribution in [0.15, 0.2) is 63.6 Å². The van der Waals surface area contributed by atoms with Crippen LogP contribution < -0.4 is 5.56 Å². The van der Waals surface area contributed by atoms with Crippen LogP contribution in [0.3, 0.4) is 0 Å². The number of fused-ring (bicyclic) bond motifs is 1. The SMILES string of the molecule is CC(C)n1c(SCC(=O)N2CCC(c3ccccc3)=N2)nc2cc(Cl)ccc2c1=O. The van der Waals surface area contributed by atoms with Crippen molar-refractivity contribution in [3.8, 4) is 0 Å². The van der Waals surface area contributed by atoms with Gasteiger partial charge in [0.2, 0.25) is 0 Å². The highest BCUT2D eigenvalue weighted by atomic mass is 35.5. The van der Waals surface area contributed by atoms with E-state index in [1.54, 1.807) is 22.8 Å². The summed E-state index contributed by atoms with van der Waals surface area (Å²) in [5, 5.41) is 7.53. The third-order valence-electron chi connectivity index (χ3n) is 4.87. The van der Waals surface area contributed by atoms with Gasteiger partial charge in [-0.2, -0.15) is 5.10 Å². The average molecular weight is 441 g/mol. The molecule has 3 aromatic rings. The van der Waals surface area contributed by atoms with E-state index in [1.807, 2.05) is 44.2 Å². The fourth-order valence-corrected chi connectivity index (χ4v) is 4.54. The van der Waals surface area contributed by atoms with Crippen molar-refractivity contribution in [3.63, 3.8) is 0 Å². The third kappa shape index (κ3) is 4.13. The quantitative estimate of drug-likeness (QED) is 0.436. The number of halogens is 1. The Morgan fingerprint density at radius 2 is 1.97 bits per heavy atom. The Hall–Kier alpha value is -2.64. The Bertz CT molecular complexity index is 1190. The van der Waals surface area contributed by atoms with E-state index < -0.39 is 0 Å². The molecule has 4 rings (SSSR count). The average Bonchev–Trinajstić information content (AvgIpc) is 3.22. The van der Waals surface area contributed by atoms with Crippen LogP contribution in [0.25, 0.3) is 10.9 Å². The van der Waals surface area contributed by atoms with E-state index in [2.05, 4.69) is 10.1 Å². The van der Waals surface area contributed by atoms with Gasteiger partial charge >= 0.3 is 0 Å². The number of nitrogens with zero attached hydrogens (tertiary/aromatic N) is 4. The van der Waals surface area contributed by atoms with Gasteiger partial charge in [-0.05, 0) is 37.6 Å². The van der Waals surface area contributed by atoms with Crippen molar-refractivity contribution < 1.29 is 4.79 Å². The summed E-state index contributed by atoms with van der Waals surface area (Å²) in [4.78, 5) is 30.3. The number of carbonyl (C=O) groups is 1. The number of hydrazone groups is 1. The van der Waals surface area contributed by atoms with Crippen LogP contribution in [-0.4, -0.2) is 38.5 Å². The van der Waals surface area contributed by atoms with Crippen LogP contribution in [0.5, 0.6) is 0 Å². The van der Waals surface area contributed by atoms with Gasteiger partial charge in [0.25, 0.3) is 11.5 Å². The molecule has 0 N–H and O–H groups in total. The number of aromatic nitrogens is 2. The molecule has 1 amide bonds. The summed E-state index contributed by atoms with van der Waals surface area (Å²) in [6.07, 6.45) is 0.726. The number of benzene rings is 2. The first-order valence-electron chi connectivity index (χ1n) is 9.72. The molecule has 1 aliphatic heterocycles. The van der Waals surface area contributed by atoms with E-state index >= 15 is 0 Å². The van der Waals surface area contributed by atoms with Gasteiger partial charge in [0.1, 0.15) is 0 Å². The van der Waals surface area contributed by atoms with Crippen LogP contribution in [0, 0.1) is 0 Å². The summed E-state index contributed by atoms with van der Waals surface area (Å²) in [6, 6.07) is 14.8. The lowest BCUT2D eigenvalue weighted by atomic mass is 10.1.